The summed E-state index contributed by atoms with van der Waals surface area (Å²) in [6.07, 6.45) is 1.36. The highest BCUT2D eigenvalue weighted by molar-refractivity contribution is 6.30. The number of benzene rings is 1. The molecule has 0 spiro atoms. The summed E-state index contributed by atoms with van der Waals surface area (Å²) in [6.45, 7) is 0.448. The van der Waals surface area contributed by atoms with Crippen LogP contribution in [0.4, 0.5) is 5.82 Å². The third-order valence-corrected chi connectivity index (χ3v) is 2.39. The number of hydrogen-bond acceptors (Lipinski definition) is 5. The van der Waals surface area contributed by atoms with Gasteiger partial charge < -0.3 is 10.4 Å². The Kier molecular flexibility index (Phi) is 3.85. The molecule has 17 heavy (non-hydrogen) atoms. The molecule has 0 aliphatic carbocycles. The van der Waals surface area contributed by atoms with Crippen LogP contribution in [0.15, 0.2) is 30.6 Å². The molecule has 0 unspecified atom stereocenters. The molecule has 5 nitrogen and oxygen atoms in total. The Morgan fingerprint density at radius 2 is 2.00 bits per heavy atom. The Morgan fingerprint density at radius 3 is 2.71 bits per heavy atom. The first-order valence-electron chi connectivity index (χ1n) is 5.09. The number of nitrogens with zero attached hydrogens (tertiary/aromatic N) is 3. The van der Waals surface area contributed by atoms with Gasteiger partial charge in [-0.1, -0.05) is 23.7 Å². The molecule has 2 aromatic rings. The standard InChI is InChI=1S/C11H11ClN4O/c12-9-3-1-8(2-4-9)10-11(13-5-6-17)14-7-15-16-10/h1-4,7,17H,5-6H2,(H,13,14,15). The van der Waals surface area contributed by atoms with E-state index in [0.717, 1.165) is 5.56 Å². The Bertz CT molecular complexity index is 489. The van der Waals surface area contributed by atoms with Gasteiger partial charge >= 0.3 is 0 Å². The van der Waals surface area contributed by atoms with Crippen LogP contribution in [0.2, 0.25) is 5.02 Å². The largest absolute Gasteiger partial charge is 0.395 e. The molecule has 1 aromatic carbocycles. The van der Waals surface area contributed by atoms with Crippen LogP contribution in [0, 0.1) is 0 Å². The maximum atomic E-state index is 8.78. The van der Waals surface area contributed by atoms with E-state index in [1.807, 2.05) is 12.1 Å². The lowest BCUT2D eigenvalue weighted by atomic mass is 10.1. The van der Waals surface area contributed by atoms with E-state index in [4.69, 9.17) is 16.7 Å². The molecular formula is C11H11ClN4O. The fraction of sp³-hybridized carbons (Fsp3) is 0.182. The number of halogens is 1. The van der Waals surface area contributed by atoms with E-state index in [1.54, 1.807) is 12.1 Å². The van der Waals surface area contributed by atoms with Gasteiger partial charge in [-0.05, 0) is 12.1 Å². The molecule has 0 radical (unpaired) electrons. The van der Waals surface area contributed by atoms with Crippen molar-refractivity contribution in [2.45, 2.75) is 0 Å². The number of nitrogens with one attached hydrogen (secondary N) is 1. The van der Waals surface area contributed by atoms with E-state index in [-0.39, 0.29) is 6.61 Å². The van der Waals surface area contributed by atoms with Gasteiger partial charge in [0.15, 0.2) is 5.82 Å². The SMILES string of the molecule is OCCNc1ncnnc1-c1ccc(Cl)cc1. The Balaban J connectivity index is 2.33. The van der Waals surface area contributed by atoms with Crippen LogP contribution >= 0.6 is 11.6 Å². The predicted octanol–water partition coefficient (Wildman–Crippen LogP) is 1.60. The van der Waals surface area contributed by atoms with Crippen LogP contribution < -0.4 is 5.32 Å². The average Bonchev–Trinajstić information content (AvgIpc) is 2.38. The van der Waals surface area contributed by atoms with Crippen molar-refractivity contribution < 1.29 is 5.11 Å². The summed E-state index contributed by atoms with van der Waals surface area (Å²) in [6, 6.07) is 7.25. The van der Waals surface area contributed by atoms with Crippen molar-refractivity contribution in [2.24, 2.45) is 0 Å². The van der Waals surface area contributed by atoms with Crippen molar-refractivity contribution in [3.63, 3.8) is 0 Å². The normalized spacial score (nSPS) is 10.2. The van der Waals surface area contributed by atoms with E-state index < -0.39 is 0 Å². The van der Waals surface area contributed by atoms with Crippen LogP contribution in [-0.4, -0.2) is 33.4 Å². The zero-order chi connectivity index (χ0) is 12.1. The van der Waals surface area contributed by atoms with Crippen LogP contribution in [0.3, 0.4) is 0 Å². The summed E-state index contributed by atoms with van der Waals surface area (Å²) in [5.74, 6) is 0.594. The van der Waals surface area contributed by atoms with E-state index in [0.29, 0.717) is 23.1 Å². The highest BCUT2D eigenvalue weighted by atomic mass is 35.5. The second-order valence-corrected chi connectivity index (χ2v) is 3.75. The van der Waals surface area contributed by atoms with Crippen LogP contribution in [0.25, 0.3) is 11.3 Å². The minimum atomic E-state index is 0.0318. The quantitative estimate of drug-likeness (QED) is 0.862. The second-order valence-electron chi connectivity index (χ2n) is 3.31. The Morgan fingerprint density at radius 1 is 1.24 bits per heavy atom. The van der Waals surface area contributed by atoms with Gasteiger partial charge in [-0.3, -0.25) is 0 Å². The molecule has 2 N–H and O–H groups in total. The van der Waals surface area contributed by atoms with Gasteiger partial charge in [0.25, 0.3) is 0 Å². The topological polar surface area (TPSA) is 70.9 Å². The number of aliphatic hydroxyl groups is 1. The summed E-state index contributed by atoms with van der Waals surface area (Å²) in [4.78, 5) is 4.09. The van der Waals surface area contributed by atoms with Crippen molar-refractivity contribution in [3.8, 4) is 11.3 Å². The molecule has 0 aliphatic rings. The molecule has 6 heteroatoms. The van der Waals surface area contributed by atoms with Gasteiger partial charge in [-0.2, -0.15) is 0 Å². The lowest BCUT2D eigenvalue weighted by molar-refractivity contribution is 0.311. The van der Waals surface area contributed by atoms with Crippen molar-refractivity contribution in [3.05, 3.63) is 35.6 Å². The lowest BCUT2D eigenvalue weighted by Crippen LogP contribution is -2.09. The molecule has 1 heterocycles. The summed E-state index contributed by atoms with van der Waals surface area (Å²) in [7, 11) is 0. The molecule has 0 amide bonds. The first-order valence-corrected chi connectivity index (χ1v) is 5.47. The summed E-state index contributed by atoms with van der Waals surface area (Å²) >= 11 is 5.82. The molecule has 0 atom stereocenters. The van der Waals surface area contributed by atoms with Crippen molar-refractivity contribution in [1.29, 1.82) is 0 Å². The van der Waals surface area contributed by atoms with Crippen molar-refractivity contribution in [1.82, 2.24) is 15.2 Å². The summed E-state index contributed by atoms with van der Waals surface area (Å²) < 4.78 is 0. The first kappa shape index (κ1) is 11.8. The minimum Gasteiger partial charge on any atom is -0.395 e. The van der Waals surface area contributed by atoms with Gasteiger partial charge in [0.2, 0.25) is 0 Å². The van der Waals surface area contributed by atoms with E-state index in [1.165, 1.54) is 6.33 Å². The maximum Gasteiger partial charge on any atom is 0.156 e. The van der Waals surface area contributed by atoms with Crippen LogP contribution in [0.5, 0.6) is 0 Å². The highest BCUT2D eigenvalue weighted by Crippen LogP contribution is 2.23. The third-order valence-electron chi connectivity index (χ3n) is 2.14. The number of aliphatic hydroxyl groups excluding tert-OH is 1. The van der Waals surface area contributed by atoms with Crippen LogP contribution in [0.1, 0.15) is 0 Å². The number of rotatable bonds is 4. The van der Waals surface area contributed by atoms with Crippen LogP contribution in [-0.2, 0) is 0 Å². The molecule has 0 aliphatic heterocycles. The van der Waals surface area contributed by atoms with Gasteiger partial charge in [0, 0.05) is 17.1 Å². The zero-order valence-electron chi connectivity index (χ0n) is 8.97. The molecular weight excluding hydrogens is 240 g/mol. The smallest absolute Gasteiger partial charge is 0.156 e. The van der Waals surface area contributed by atoms with Gasteiger partial charge in [0.05, 0.1) is 6.61 Å². The maximum absolute atomic E-state index is 8.78. The van der Waals surface area contributed by atoms with Gasteiger partial charge in [-0.25, -0.2) is 4.98 Å². The first-order chi connectivity index (χ1) is 8.31. The number of anilines is 1. The Hall–Kier alpha value is -1.72. The number of hydrogen-bond donors (Lipinski definition) is 2. The molecule has 88 valence electrons. The fourth-order valence-corrected chi connectivity index (χ4v) is 1.51. The van der Waals surface area contributed by atoms with Gasteiger partial charge in [0.1, 0.15) is 12.0 Å². The fourth-order valence-electron chi connectivity index (χ4n) is 1.38. The highest BCUT2D eigenvalue weighted by Gasteiger charge is 2.07. The number of aromatic nitrogens is 3. The van der Waals surface area contributed by atoms with Gasteiger partial charge in [-0.15, -0.1) is 10.2 Å². The molecule has 2 rings (SSSR count). The predicted molar refractivity (Wildman–Crippen MR) is 65.8 cm³/mol. The van der Waals surface area contributed by atoms with E-state index >= 15 is 0 Å². The summed E-state index contributed by atoms with van der Waals surface area (Å²) in [5.41, 5.74) is 1.51. The lowest BCUT2D eigenvalue weighted by Gasteiger charge is -2.07. The minimum absolute atomic E-state index is 0.0318. The van der Waals surface area contributed by atoms with Crippen molar-refractivity contribution in [2.75, 3.05) is 18.5 Å². The molecule has 1 aromatic heterocycles. The van der Waals surface area contributed by atoms with E-state index in [2.05, 4.69) is 20.5 Å². The molecule has 0 fully saturated rings. The third kappa shape index (κ3) is 2.89. The Labute approximate surface area is 103 Å². The zero-order valence-corrected chi connectivity index (χ0v) is 9.72. The summed E-state index contributed by atoms with van der Waals surface area (Å²) in [5, 5.41) is 20.2. The monoisotopic (exact) mass is 250 g/mol. The molecule has 0 saturated carbocycles. The molecule has 0 saturated heterocycles. The van der Waals surface area contributed by atoms with E-state index in [9.17, 15) is 0 Å². The average molecular weight is 251 g/mol. The molecule has 0 bridgehead atoms. The second kappa shape index (κ2) is 5.56. The van der Waals surface area contributed by atoms with Crippen molar-refractivity contribution >= 4 is 17.4 Å².